The zero-order valence-electron chi connectivity index (χ0n) is 13.5. The number of carbonyl (C=O) groups is 1. The average molecular weight is 294 g/mol. The van der Waals surface area contributed by atoms with Gasteiger partial charge in [0.25, 0.3) is 5.91 Å². The van der Waals surface area contributed by atoms with Crippen molar-refractivity contribution in [3.63, 3.8) is 0 Å². The number of rotatable bonds is 6. The van der Waals surface area contributed by atoms with Crippen molar-refractivity contribution in [1.82, 2.24) is 20.0 Å². The molecule has 1 aromatic rings. The molecular weight excluding hydrogens is 268 g/mol. The van der Waals surface area contributed by atoms with Gasteiger partial charge in [0.2, 0.25) is 0 Å². The predicted molar refractivity (Wildman–Crippen MR) is 81.5 cm³/mol. The molecule has 0 spiro atoms. The van der Waals surface area contributed by atoms with Crippen LogP contribution < -0.4 is 10.1 Å². The standard InChI is InChI=1S/C15H26N4O2/c1-5-8-19(13-6-7-16-9-13)14(20)10-21-15-11(2)17-18(4)12(15)3/h13,16H,5-10H2,1-4H3. The molecule has 0 radical (unpaired) electrons. The van der Waals surface area contributed by atoms with E-state index in [1.165, 1.54) is 0 Å². The van der Waals surface area contributed by atoms with Gasteiger partial charge < -0.3 is 15.0 Å². The lowest BCUT2D eigenvalue weighted by Gasteiger charge is -2.28. The topological polar surface area (TPSA) is 59.4 Å². The van der Waals surface area contributed by atoms with E-state index in [0.29, 0.717) is 6.04 Å². The van der Waals surface area contributed by atoms with E-state index in [1.54, 1.807) is 4.68 Å². The van der Waals surface area contributed by atoms with Gasteiger partial charge in [0.05, 0.1) is 5.69 Å². The highest BCUT2D eigenvalue weighted by Gasteiger charge is 2.26. The van der Waals surface area contributed by atoms with Crippen molar-refractivity contribution >= 4 is 5.91 Å². The number of hydrogen-bond acceptors (Lipinski definition) is 4. The molecule has 0 aromatic carbocycles. The van der Waals surface area contributed by atoms with Crippen molar-refractivity contribution in [3.05, 3.63) is 11.4 Å². The fourth-order valence-electron chi connectivity index (χ4n) is 2.84. The Morgan fingerprint density at radius 3 is 2.81 bits per heavy atom. The minimum absolute atomic E-state index is 0.0632. The molecule has 1 aliphatic rings. The van der Waals surface area contributed by atoms with Gasteiger partial charge in [-0.2, -0.15) is 5.10 Å². The van der Waals surface area contributed by atoms with E-state index >= 15 is 0 Å². The number of ether oxygens (including phenoxy) is 1. The molecule has 1 N–H and O–H groups in total. The first-order valence-electron chi connectivity index (χ1n) is 7.67. The maximum absolute atomic E-state index is 12.5. The lowest BCUT2D eigenvalue weighted by Crippen LogP contribution is -2.44. The van der Waals surface area contributed by atoms with Crippen LogP contribution in [-0.2, 0) is 11.8 Å². The molecule has 1 fully saturated rings. The van der Waals surface area contributed by atoms with Crippen molar-refractivity contribution in [2.24, 2.45) is 7.05 Å². The molecule has 1 saturated heterocycles. The second kappa shape index (κ2) is 6.93. The minimum Gasteiger partial charge on any atom is -0.480 e. The van der Waals surface area contributed by atoms with Crippen LogP contribution in [0.15, 0.2) is 0 Å². The van der Waals surface area contributed by atoms with Crippen molar-refractivity contribution in [2.45, 2.75) is 39.7 Å². The van der Waals surface area contributed by atoms with Crippen LogP contribution >= 0.6 is 0 Å². The van der Waals surface area contributed by atoms with Crippen molar-refractivity contribution in [1.29, 1.82) is 0 Å². The van der Waals surface area contributed by atoms with Crippen LogP contribution in [0.25, 0.3) is 0 Å². The summed E-state index contributed by atoms with van der Waals surface area (Å²) in [5.74, 6) is 0.792. The first-order chi connectivity index (χ1) is 10.0. The van der Waals surface area contributed by atoms with Gasteiger partial charge in [0.15, 0.2) is 12.4 Å². The number of carbonyl (C=O) groups excluding carboxylic acids is 1. The van der Waals surface area contributed by atoms with Gasteiger partial charge in [-0.25, -0.2) is 0 Å². The Morgan fingerprint density at radius 2 is 2.29 bits per heavy atom. The van der Waals surface area contributed by atoms with Gasteiger partial charge in [-0.1, -0.05) is 6.92 Å². The number of nitrogens with zero attached hydrogens (tertiary/aromatic N) is 3. The summed E-state index contributed by atoms with van der Waals surface area (Å²) in [6, 6.07) is 0.303. The van der Waals surface area contributed by atoms with E-state index in [2.05, 4.69) is 17.3 Å². The quantitative estimate of drug-likeness (QED) is 0.851. The Kier molecular flexibility index (Phi) is 5.22. The molecule has 1 atom stereocenters. The summed E-state index contributed by atoms with van der Waals surface area (Å²) in [5.41, 5.74) is 1.78. The van der Waals surface area contributed by atoms with Gasteiger partial charge in [-0.3, -0.25) is 9.48 Å². The van der Waals surface area contributed by atoms with Crippen LogP contribution in [0.3, 0.4) is 0 Å². The highest BCUT2D eigenvalue weighted by atomic mass is 16.5. The number of aryl methyl sites for hydroxylation is 2. The minimum atomic E-state index is 0.0632. The molecule has 1 aromatic heterocycles. The van der Waals surface area contributed by atoms with E-state index < -0.39 is 0 Å². The van der Waals surface area contributed by atoms with Crippen molar-refractivity contribution in [3.8, 4) is 5.75 Å². The van der Waals surface area contributed by atoms with Crippen LogP contribution in [-0.4, -0.2) is 52.9 Å². The van der Waals surface area contributed by atoms with Gasteiger partial charge in [0.1, 0.15) is 5.69 Å². The lowest BCUT2D eigenvalue weighted by atomic mass is 10.2. The highest BCUT2D eigenvalue weighted by molar-refractivity contribution is 5.78. The predicted octanol–water partition coefficient (Wildman–Crippen LogP) is 1.02. The molecule has 1 aliphatic heterocycles. The van der Waals surface area contributed by atoms with Crippen LogP contribution in [0.4, 0.5) is 0 Å². The highest BCUT2D eigenvalue weighted by Crippen LogP contribution is 2.21. The molecule has 21 heavy (non-hydrogen) atoms. The van der Waals surface area contributed by atoms with Gasteiger partial charge >= 0.3 is 0 Å². The van der Waals surface area contributed by atoms with Gasteiger partial charge in [0, 0.05) is 26.2 Å². The Bertz CT molecular complexity index is 492. The Balaban J connectivity index is 1.98. The number of aromatic nitrogens is 2. The number of amides is 1. The van der Waals surface area contributed by atoms with E-state index in [4.69, 9.17) is 4.74 Å². The molecule has 6 nitrogen and oxygen atoms in total. The summed E-state index contributed by atoms with van der Waals surface area (Å²) in [5, 5.41) is 7.62. The van der Waals surface area contributed by atoms with Crippen molar-refractivity contribution in [2.75, 3.05) is 26.2 Å². The normalized spacial score (nSPS) is 18.0. The van der Waals surface area contributed by atoms with Crippen LogP contribution in [0, 0.1) is 13.8 Å². The molecule has 6 heteroatoms. The third-order valence-corrected chi connectivity index (χ3v) is 4.04. The van der Waals surface area contributed by atoms with Crippen LogP contribution in [0.2, 0.25) is 0 Å². The summed E-state index contributed by atoms with van der Waals surface area (Å²) < 4.78 is 7.52. The zero-order chi connectivity index (χ0) is 15.4. The molecule has 1 amide bonds. The zero-order valence-corrected chi connectivity index (χ0v) is 13.5. The van der Waals surface area contributed by atoms with Crippen LogP contribution in [0.1, 0.15) is 31.2 Å². The number of hydrogen-bond donors (Lipinski definition) is 1. The lowest BCUT2D eigenvalue weighted by molar-refractivity contribution is -0.135. The van der Waals surface area contributed by atoms with E-state index in [9.17, 15) is 4.79 Å². The van der Waals surface area contributed by atoms with Crippen molar-refractivity contribution < 1.29 is 9.53 Å². The fraction of sp³-hybridized carbons (Fsp3) is 0.733. The Morgan fingerprint density at radius 1 is 1.52 bits per heavy atom. The summed E-state index contributed by atoms with van der Waals surface area (Å²) in [6.45, 7) is 8.70. The molecule has 2 rings (SSSR count). The van der Waals surface area contributed by atoms with Gasteiger partial charge in [-0.15, -0.1) is 0 Å². The molecule has 0 aliphatic carbocycles. The second-order valence-corrected chi connectivity index (χ2v) is 5.65. The summed E-state index contributed by atoms with van der Waals surface area (Å²) in [6.07, 6.45) is 1.99. The van der Waals surface area contributed by atoms with Crippen LogP contribution in [0.5, 0.6) is 5.75 Å². The maximum Gasteiger partial charge on any atom is 0.260 e. The molecule has 1 unspecified atom stereocenters. The molecule has 0 bridgehead atoms. The first-order valence-corrected chi connectivity index (χ1v) is 7.67. The third-order valence-electron chi connectivity index (χ3n) is 4.04. The Labute approximate surface area is 126 Å². The Hall–Kier alpha value is -1.56. The molecule has 0 saturated carbocycles. The van der Waals surface area contributed by atoms with E-state index in [1.807, 2.05) is 25.8 Å². The molecule has 118 valence electrons. The SMILES string of the molecule is CCCN(C(=O)COc1c(C)nn(C)c1C)C1CCNC1. The van der Waals surface area contributed by atoms with E-state index in [0.717, 1.165) is 49.6 Å². The maximum atomic E-state index is 12.5. The average Bonchev–Trinajstić information content (AvgIpc) is 3.05. The largest absolute Gasteiger partial charge is 0.480 e. The third kappa shape index (κ3) is 3.56. The van der Waals surface area contributed by atoms with E-state index in [-0.39, 0.29) is 12.5 Å². The summed E-state index contributed by atoms with van der Waals surface area (Å²) in [7, 11) is 1.88. The van der Waals surface area contributed by atoms with Gasteiger partial charge in [-0.05, 0) is 33.2 Å². The molecule has 2 heterocycles. The molecular formula is C15H26N4O2. The second-order valence-electron chi connectivity index (χ2n) is 5.65. The summed E-state index contributed by atoms with van der Waals surface area (Å²) >= 11 is 0. The smallest absolute Gasteiger partial charge is 0.260 e. The number of nitrogens with one attached hydrogen (secondary N) is 1. The monoisotopic (exact) mass is 294 g/mol. The summed E-state index contributed by atoms with van der Waals surface area (Å²) in [4.78, 5) is 14.4. The fourth-order valence-corrected chi connectivity index (χ4v) is 2.84. The first kappa shape index (κ1) is 15.8.